The largest absolute Gasteiger partial charge is 0.497 e. The van der Waals surface area contributed by atoms with E-state index in [2.05, 4.69) is 51.9 Å². The first-order valence-electron chi connectivity index (χ1n) is 12.0. The number of rotatable bonds is 8. The molecule has 3 aromatic carbocycles. The van der Waals surface area contributed by atoms with Gasteiger partial charge in [-0.25, -0.2) is 4.98 Å². The smallest absolute Gasteiger partial charge is 0.233 e. The molecule has 1 fully saturated rings. The molecule has 1 saturated heterocycles. The molecule has 1 aromatic heterocycles. The summed E-state index contributed by atoms with van der Waals surface area (Å²) in [6.07, 6.45) is 0.927. The van der Waals surface area contributed by atoms with Gasteiger partial charge in [0.05, 0.1) is 23.9 Å². The van der Waals surface area contributed by atoms with Crippen LogP contribution in [0.4, 0.5) is 5.69 Å². The predicted molar refractivity (Wildman–Crippen MR) is 142 cm³/mol. The maximum absolute atomic E-state index is 13.0. The summed E-state index contributed by atoms with van der Waals surface area (Å²) in [5.41, 5.74) is 4.56. The van der Waals surface area contributed by atoms with Crippen LogP contribution >= 0.6 is 11.8 Å². The summed E-state index contributed by atoms with van der Waals surface area (Å²) in [5, 5.41) is 0.910. The zero-order valence-electron chi connectivity index (χ0n) is 20.0. The lowest BCUT2D eigenvalue weighted by atomic mass is 10.1. The number of ether oxygens (including phenoxy) is 1. The molecule has 180 valence electrons. The number of methoxy groups -OCH3 is 1. The van der Waals surface area contributed by atoms with E-state index in [1.54, 1.807) is 18.9 Å². The van der Waals surface area contributed by atoms with E-state index in [4.69, 9.17) is 9.72 Å². The van der Waals surface area contributed by atoms with E-state index in [0.29, 0.717) is 5.75 Å². The Kier molecular flexibility index (Phi) is 7.23. The van der Waals surface area contributed by atoms with E-state index in [9.17, 15) is 4.79 Å². The third-order valence-corrected chi connectivity index (χ3v) is 7.44. The number of thioether (sulfide) groups is 1. The average molecular weight is 487 g/mol. The molecule has 2 heterocycles. The van der Waals surface area contributed by atoms with Crippen LogP contribution in [0.15, 0.2) is 84.0 Å². The minimum Gasteiger partial charge on any atom is -0.497 e. The summed E-state index contributed by atoms with van der Waals surface area (Å²) in [5.74, 6) is 1.43. The molecule has 0 radical (unpaired) electrons. The first-order valence-corrected chi connectivity index (χ1v) is 13.0. The van der Waals surface area contributed by atoms with E-state index < -0.39 is 0 Å². The fourth-order valence-electron chi connectivity index (χ4n) is 4.49. The Labute approximate surface area is 210 Å². The fourth-order valence-corrected chi connectivity index (χ4v) is 5.43. The summed E-state index contributed by atoms with van der Waals surface area (Å²) < 4.78 is 7.51. The van der Waals surface area contributed by atoms with Gasteiger partial charge in [-0.3, -0.25) is 4.79 Å². The van der Waals surface area contributed by atoms with E-state index in [1.807, 2.05) is 41.3 Å². The lowest BCUT2D eigenvalue weighted by Gasteiger charge is -2.36. The van der Waals surface area contributed by atoms with Crippen LogP contribution in [0.2, 0.25) is 0 Å². The molecular weight excluding hydrogens is 456 g/mol. The molecule has 0 spiro atoms. The van der Waals surface area contributed by atoms with Crippen molar-refractivity contribution in [3.8, 4) is 5.75 Å². The molecule has 0 aliphatic carbocycles. The second-order valence-corrected chi connectivity index (χ2v) is 9.57. The second kappa shape index (κ2) is 10.9. The maximum atomic E-state index is 13.0. The van der Waals surface area contributed by atoms with Crippen molar-refractivity contribution in [2.24, 2.45) is 0 Å². The Morgan fingerprint density at radius 2 is 1.63 bits per heavy atom. The molecule has 0 atom stereocenters. The number of para-hydroxylation sites is 2. The monoisotopic (exact) mass is 486 g/mol. The third kappa shape index (κ3) is 5.46. The van der Waals surface area contributed by atoms with Gasteiger partial charge in [-0.1, -0.05) is 54.2 Å². The maximum Gasteiger partial charge on any atom is 0.233 e. The standard InChI is InChI=1S/C28H30N4O2S/c1-34-24-13-11-23(12-14-24)30-17-19-31(20-18-30)27(33)21-35-28-29-25-9-5-6-10-26(25)32(28)16-15-22-7-3-2-4-8-22/h2-14H,15-21H2,1H3. The van der Waals surface area contributed by atoms with Gasteiger partial charge >= 0.3 is 0 Å². The van der Waals surface area contributed by atoms with Crippen molar-refractivity contribution < 1.29 is 9.53 Å². The number of anilines is 1. The molecule has 1 aliphatic rings. The fraction of sp³-hybridized carbons (Fsp3) is 0.286. The molecule has 6 nitrogen and oxygen atoms in total. The van der Waals surface area contributed by atoms with Gasteiger partial charge in [-0.15, -0.1) is 0 Å². The number of hydrogen-bond acceptors (Lipinski definition) is 5. The van der Waals surface area contributed by atoms with Crippen LogP contribution in [0.25, 0.3) is 11.0 Å². The Balaban J connectivity index is 1.20. The Morgan fingerprint density at radius 3 is 2.37 bits per heavy atom. The quantitative estimate of drug-likeness (QED) is 0.337. The SMILES string of the molecule is COc1ccc(N2CCN(C(=O)CSc3nc4ccccc4n3CCc3ccccc3)CC2)cc1. The summed E-state index contributed by atoms with van der Waals surface area (Å²) in [7, 11) is 1.68. The summed E-state index contributed by atoms with van der Waals surface area (Å²) in [6, 6.07) is 26.8. The molecule has 4 aromatic rings. The highest BCUT2D eigenvalue weighted by Crippen LogP contribution is 2.26. The molecule has 35 heavy (non-hydrogen) atoms. The van der Waals surface area contributed by atoms with E-state index in [1.165, 1.54) is 11.3 Å². The minimum absolute atomic E-state index is 0.172. The van der Waals surface area contributed by atoms with Crippen LogP contribution in [0.5, 0.6) is 5.75 Å². The number of benzene rings is 3. The number of carbonyl (C=O) groups excluding carboxylic acids is 1. The van der Waals surface area contributed by atoms with Crippen molar-refractivity contribution in [1.29, 1.82) is 0 Å². The highest BCUT2D eigenvalue weighted by atomic mass is 32.2. The number of nitrogens with zero attached hydrogens (tertiary/aromatic N) is 4. The van der Waals surface area contributed by atoms with Crippen LogP contribution < -0.4 is 9.64 Å². The van der Waals surface area contributed by atoms with Gasteiger partial charge in [0.1, 0.15) is 5.75 Å². The molecule has 1 aliphatic heterocycles. The Hall–Kier alpha value is -3.45. The Morgan fingerprint density at radius 1 is 0.914 bits per heavy atom. The highest BCUT2D eigenvalue weighted by molar-refractivity contribution is 7.99. The highest BCUT2D eigenvalue weighted by Gasteiger charge is 2.22. The van der Waals surface area contributed by atoms with Gasteiger partial charge in [0.15, 0.2) is 5.16 Å². The van der Waals surface area contributed by atoms with Crippen molar-refractivity contribution in [3.63, 3.8) is 0 Å². The zero-order valence-corrected chi connectivity index (χ0v) is 20.8. The number of hydrogen-bond donors (Lipinski definition) is 0. The van der Waals surface area contributed by atoms with Gasteiger partial charge in [-0.05, 0) is 48.4 Å². The Bertz CT molecular complexity index is 1270. The molecule has 1 amide bonds. The predicted octanol–water partition coefficient (Wildman–Crippen LogP) is 4.73. The number of aromatic nitrogens is 2. The van der Waals surface area contributed by atoms with Gasteiger partial charge in [0.2, 0.25) is 5.91 Å². The topological polar surface area (TPSA) is 50.6 Å². The number of carbonyl (C=O) groups is 1. The lowest BCUT2D eigenvalue weighted by Crippen LogP contribution is -2.49. The molecule has 0 bridgehead atoms. The number of aryl methyl sites for hydroxylation is 2. The van der Waals surface area contributed by atoms with Crippen LogP contribution in [-0.4, -0.2) is 59.4 Å². The van der Waals surface area contributed by atoms with Gasteiger partial charge < -0.3 is 19.1 Å². The van der Waals surface area contributed by atoms with Gasteiger partial charge in [-0.2, -0.15) is 0 Å². The van der Waals surface area contributed by atoms with Gasteiger partial charge in [0, 0.05) is 38.4 Å². The molecule has 5 rings (SSSR count). The normalized spacial score (nSPS) is 13.9. The third-order valence-electron chi connectivity index (χ3n) is 6.48. The molecular formula is C28H30N4O2S. The van der Waals surface area contributed by atoms with Crippen molar-refractivity contribution in [2.75, 3.05) is 43.9 Å². The lowest BCUT2D eigenvalue weighted by molar-refractivity contribution is -0.128. The molecule has 7 heteroatoms. The number of piperazine rings is 1. The summed E-state index contributed by atoms with van der Waals surface area (Å²) in [6.45, 7) is 3.96. The first-order chi connectivity index (χ1) is 17.2. The van der Waals surface area contributed by atoms with Crippen LogP contribution in [-0.2, 0) is 17.8 Å². The van der Waals surface area contributed by atoms with Crippen LogP contribution in [0.1, 0.15) is 5.56 Å². The van der Waals surface area contributed by atoms with Crippen molar-refractivity contribution >= 4 is 34.4 Å². The first kappa shape index (κ1) is 23.3. The van der Waals surface area contributed by atoms with Crippen molar-refractivity contribution in [1.82, 2.24) is 14.5 Å². The van der Waals surface area contributed by atoms with E-state index >= 15 is 0 Å². The molecule has 0 saturated carbocycles. The molecule has 0 unspecified atom stereocenters. The average Bonchev–Trinajstić information content (AvgIpc) is 3.28. The zero-order chi connectivity index (χ0) is 24.0. The number of amides is 1. The van der Waals surface area contributed by atoms with Crippen LogP contribution in [0.3, 0.4) is 0 Å². The van der Waals surface area contributed by atoms with Crippen LogP contribution in [0, 0.1) is 0 Å². The second-order valence-electron chi connectivity index (χ2n) is 8.62. The number of imidazole rings is 1. The summed E-state index contributed by atoms with van der Waals surface area (Å²) in [4.78, 5) is 22.2. The van der Waals surface area contributed by atoms with E-state index in [-0.39, 0.29) is 5.91 Å². The summed E-state index contributed by atoms with van der Waals surface area (Å²) >= 11 is 1.54. The molecule has 0 N–H and O–H groups in total. The van der Waals surface area contributed by atoms with E-state index in [0.717, 1.165) is 61.1 Å². The minimum atomic E-state index is 0.172. The van der Waals surface area contributed by atoms with Crippen molar-refractivity contribution in [2.45, 2.75) is 18.1 Å². The van der Waals surface area contributed by atoms with Crippen molar-refractivity contribution in [3.05, 3.63) is 84.4 Å². The number of fused-ring (bicyclic) bond motifs is 1. The van der Waals surface area contributed by atoms with Gasteiger partial charge in [0.25, 0.3) is 0 Å².